The van der Waals surface area contributed by atoms with E-state index in [0.717, 1.165) is 18.2 Å². The average Bonchev–Trinajstić information content (AvgIpc) is 2.84. The number of hydrogen-bond acceptors (Lipinski definition) is 5. The van der Waals surface area contributed by atoms with Gasteiger partial charge in [-0.3, -0.25) is 0 Å². The molecule has 0 fully saturated rings. The van der Waals surface area contributed by atoms with Crippen molar-refractivity contribution in [1.29, 1.82) is 0 Å². The highest BCUT2D eigenvalue weighted by molar-refractivity contribution is 5.71. The third-order valence-corrected chi connectivity index (χ3v) is 2.61. The number of aromatic nitrogens is 2. The quantitative estimate of drug-likeness (QED) is 0.875. The Labute approximate surface area is 112 Å². The van der Waals surface area contributed by atoms with Crippen molar-refractivity contribution in [3.63, 3.8) is 0 Å². The largest absolute Gasteiger partial charge is 0.416 e. The van der Waals surface area contributed by atoms with Crippen LogP contribution in [0.15, 0.2) is 22.7 Å². The molecule has 0 spiro atoms. The number of anilines is 1. The number of nitrogen functional groups attached to an aromatic ring is 1. The second-order valence-electron chi connectivity index (χ2n) is 4.06. The minimum atomic E-state index is -4.46. The maximum Gasteiger partial charge on any atom is 0.416 e. The zero-order valence-electron chi connectivity index (χ0n) is 10.6. The van der Waals surface area contributed by atoms with Gasteiger partial charge in [0.2, 0.25) is 0 Å². The van der Waals surface area contributed by atoms with Crippen LogP contribution in [0.5, 0.6) is 0 Å². The van der Waals surface area contributed by atoms with E-state index in [1.807, 2.05) is 0 Å². The molecule has 0 saturated heterocycles. The van der Waals surface area contributed by atoms with Gasteiger partial charge in [0.1, 0.15) is 0 Å². The number of methoxy groups -OCH3 is 1. The molecule has 0 aliphatic rings. The van der Waals surface area contributed by atoms with Crippen LogP contribution >= 0.6 is 0 Å². The molecule has 0 saturated carbocycles. The van der Waals surface area contributed by atoms with Gasteiger partial charge in [0.15, 0.2) is 5.82 Å². The van der Waals surface area contributed by atoms with Crippen LogP contribution in [0.2, 0.25) is 0 Å². The molecule has 0 unspecified atom stereocenters. The lowest BCUT2D eigenvalue weighted by Crippen LogP contribution is -2.05. The molecule has 1 heterocycles. The van der Waals surface area contributed by atoms with Crippen LogP contribution in [0.3, 0.4) is 0 Å². The van der Waals surface area contributed by atoms with Crippen molar-refractivity contribution in [2.24, 2.45) is 0 Å². The smallest absolute Gasteiger partial charge is 0.398 e. The number of hydrogen-bond donors (Lipinski definition) is 1. The van der Waals surface area contributed by atoms with E-state index in [9.17, 15) is 13.2 Å². The predicted molar refractivity (Wildman–Crippen MR) is 64.7 cm³/mol. The number of rotatable bonds is 4. The highest BCUT2D eigenvalue weighted by Crippen LogP contribution is 2.34. The Hall–Kier alpha value is -2.09. The summed E-state index contributed by atoms with van der Waals surface area (Å²) in [5.41, 5.74) is 5.04. The van der Waals surface area contributed by atoms with Crippen LogP contribution in [0, 0.1) is 0 Å². The first-order chi connectivity index (χ1) is 9.41. The van der Waals surface area contributed by atoms with E-state index < -0.39 is 11.7 Å². The molecule has 20 heavy (non-hydrogen) atoms. The van der Waals surface area contributed by atoms with E-state index in [1.54, 1.807) is 0 Å². The van der Waals surface area contributed by atoms with Crippen molar-refractivity contribution in [1.82, 2.24) is 10.1 Å². The normalized spacial score (nSPS) is 11.8. The maximum absolute atomic E-state index is 12.7. The molecule has 2 N–H and O–H groups in total. The van der Waals surface area contributed by atoms with Gasteiger partial charge in [-0.05, 0) is 18.2 Å². The molecule has 0 aliphatic carbocycles. The van der Waals surface area contributed by atoms with Gasteiger partial charge in [-0.25, -0.2) is 0 Å². The summed E-state index contributed by atoms with van der Waals surface area (Å²) in [6.07, 6.45) is -4.06. The van der Waals surface area contributed by atoms with Gasteiger partial charge in [-0.15, -0.1) is 0 Å². The Morgan fingerprint density at radius 2 is 2.10 bits per heavy atom. The zero-order valence-corrected chi connectivity index (χ0v) is 10.6. The van der Waals surface area contributed by atoms with E-state index in [4.69, 9.17) is 15.0 Å². The van der Waals surface area contributed by atoms with E-state index in [2.05, 4.69) is 10.1 Å². The first-order valence-electron chi connectivity index (χ1n) is 5.70. The number of alkyl halides is 3. The van der Waals surface area contributed by atoms with Crippen molar-refractivity contribution < 1.29 is 22.4 Å². The number of halogens is 3. The minimum Gasteiger partial charge on any atom is -0.398 e. The summed E-state index contributed by atoms with van der Waals surface area (Å²) in [4.78, 5) is 4.00. The van der Waals surface area contributed by atoms with Gasteiger partial charge in [0, 0.05) is 19.2 Å². The zero-order chi connectivity index (χ0) is 14.8. The standard InChI is InChI=1S/C12H12F3N3O2/c1-19-5-4-10-17-11(20-18-10)8-6-7(12(13,14)15)2-3-9(8)16/h2-3,6H,4-5,16H2,1H3. The molecule has 0 radical (unpaired) electrons. The number of benzene rings is 1. The summed E-state index contributed by atoms with van der Waals surface area (Å²) in [6.45, 7) is 0.386. The lowest BCUT2D eigenvalue weighted by molar-refractivity contribution is -0.137. The minimum absolute atomic E-state index is 0.0419. The predicted octanol–water partition coefficient (Wildman–Crippen LogP) is 2.53. The second kappa shape index (κ2) is 5.49. The van der Waals surface area contributed by atoms with E-state index in [1.165, 1.54) is 7.11 Å². The molecule has 8 heteroatoms. The number of ether oxygens (including phenoxy) is 1. The molecule has 0 amide bonds. The summed E-state index contributed by atoms with van der Waals surface area (Å²) in [5.74, 6) is 0.304. The highest BCUT2D eigenvalue weighted by Gasteiger charge is 2.31. The molecular formula is C12H12F3N3O2. The highest BCUT2D eigenvalue weighted by atomic mass is 19.4. The number of nitrogens with two attached hydrogens (primary N) is 1. The summed E-state index contributed by atoms with van der Waals surface area (Å²) < 4.78 is 47.8. The van der Waals surface area contributed by atoms with Crippen LogP contribution in [0.25, 0.3) is 11.5 Å². The Balaban J connectivity index is 2.34. The SMILES string of the molecule is COCCc1noc(-c2cc(C(F)(F)F)ccc2N)n1. The van der Waals surface area contributed by atoms with Gasteiger partial charge in [0.25, 0.3) is 5.89 Å². The van der Waals surface area contributed by atoms with Crippen LogP contribution in [0.1, 0.15) is 11.4 Å². The molecule has 2 aromatic rings. The van der Waals surface area contributed by atoms with Crippen LogP contribution < -0.4 is 5.73 Å². The lowest BCUT2D eigenvalue weighted by atomic mass is 10.1. The lowest BCUT2D eigenvalue weighted by Gasteiger charge is -2.08. The van der Waals surface area contributed by atoms with Crippen molar-refractivity contribution in [2.75, 3.05) is 19.5 Å². The average molecular weight is 287 g/mol. The van der Waals surface area contributed by atoms with Crippen molar-refractivity contribution in [3.8, 4) is 11.5 Å². The Morgan fingerprint density at radius 1 is 1.35 bits per heavy atom. The van der Waals surface area contributed by atoms with Gasteiger partial charge in [0.05, 0.1) is 17.7 Å². The Kier molecular flexibility index (Phi) is 3.93. The molecule has 0 atom stereocenters. The van der Waals surface area contributed by atoms with E-state index in [0.29, 0.717) is 18.9 Å². The summed E-state index contributed by atoms with van der Waals surface area (Å²) in [7, 11) is 1.52. The fourth-order valence-corrected chi connectivity index (χ4v) is 1.58. The third-order valence-electron chi connectivity index (χ3n) is 2.61. The van der Waals surface area contributed by atoms with Crippen LogP contribution in [-0.2, 0) is 17.3 Å². The molecule has 108 valence electrons. The van der Waals surface area contributed by atoms with E-state index in [-0.39, 0.29) is 17.1 Å². The van der Waals surface area contributed by atoms with Crippen LogP contribution in [-0.4, -0.2) is 23.9 Å². The first-order valence-corrected chi connectivity index (χ1v) is 5.70. The number of nitrogens with zero attached hydrogens (tertiary/aromatic N) is 2. The summed E-state index contributed by atoms with van der Waals surface area (Å²) in [5, 5.41) is 3.66. The van der Waals surface area contributed by atoms with Gasteiger partial charge in [-0.1, -0.05) is 5.16 Å². The molecule has 0 bridgehead atoms. The van der Waals surface area contributed by atoms with Crippen molar-refractivity contribution in [3.05, 3.63) is 29.6 Å². The van der Waals surface area contributed by atoms with Crippen molar-refractivity contribution >= 4 is 5.69 Å². The fraction of sp³-hybridized carbons (Fsp3) is 0.333. The maximum atomic E-state index is 12.7. The molecule has 0 aliphatic heterocycles. The van der Waals surface area contributed by atoms with Crippen LogP contribution in [0.4, 0.5) is 18.9 Å². The summed E-state index contributed by atoms with van der Waals surface area (Å²) in [6, 6.07) is 2.96. The van der Waals surface area contributed by atoms with Gasteiger partial charge >= 0.3 is 6.18 Å². The van der Waals surface area contributed by atoms with Gasteiger partial charge in [-0.2, -0.15) is 18.2 Å². The molecular weight excluding hydrogens is 275 g/mol. The molecule has 5 nitrogen and oxygen atoms in total. The summed E-state index contributed by atoms with van der Waals surface area (Å²) >= 11 is 0. The van der Waals surface area contributed by atoms with Crippen molar-refractivity contribution in [2.45, 2.75) is 12.6 Å². The molecule has 1 aromatic carbocycles. The third kappa shape index (κ3) is 3.08. The van der Waals surface area contributed by atoms with Gasteiger partial charge < -0.3 is 15.0 Å². The Morgan fingerprint density at radius 3 is 2.75 bits per heavy atom. The fourth-order valence-electron chi connectivity index (χ4n) is 1.58. The monoisotopic (exact) mass is 287 g/mol. The Bertz CT molecular complexity index is 596. The molecule has 2 rings (SSSR count). The molecule has 1 aromatic heterocycles. The van der Waals surface area contributed by atoms with E-state index >= 15 is 0 Å². The topological polar surface area (TPSA) is 74.2 Å². The first kappa shape index (κ1) is 14.3. The second-order valence-corrected chi connectivity index (χ2v) is 4.06.